The SMILES string of the molecule is C=S(C)(=O)CC1(CNc2ncnc(N(Cc3ccc(C(F)(F)F)cc3)C3CC3)c2F)CCOCC1.CC(F)(F)c1ccc(CN(c2ncnc(NCC3(CS(C)(=O)=O)CCOCC3)c2F)C2COC2)cc1.CN(Cc1ccc(-n2cccc2)cc1)c1ncnc(NCc2ccc(CC(N)=O)cc2)c1F. The molecule has 31 heteroatoms. The number of benzene rings is 4. The first-order chi connectivity index (χ1) is 49.4. The molecule has 1 atom stereocenters. The second-order valence-electron chi connectivity index (χ2n) is 27.3. The number of nitrogens with zero attached hydrogens (tertiary/aromatic N) is 10. The quantitative estimate of drug-likeness (QED) is 0.0263. The maximum absolute atomic E-state index is 15.7. The molecule has 0 spiro atoms. The maximum Gasteiger partial charge on any atom is 0.416 e. The molecule has 3 saturated heterocycles. The number of rotatable bonds is 28. The summed E-state index contributed by atoms with van der Waals surface area (Å²) in [6.07, 6.45) is 10.6. The second-order valence-corrected chi connectivity index (χ2v) is 32.1. The maximum atomic E-state index is 15.7. The minimum Gasteiger partial charge on any atom is -0.381 e. The minimum absolute atomic E-state index is 0.0226. The monoisotopic (exact) mass is 1490 g/mol. The average molecular weight is 1490 g/mol. The van der Waals surface area contributed by atoms with Crippen molar-refractivity contribution in [1.29, 1.82) is 0 Å². The molecule has 1 unspecified atom stereocenters. The number of halogens is 8. The van der Waals surface area contributed by atoms with Gasteiger partial charge in [-0.2, -0.15) is 26.3 Å². The third-order valence-corrected chi connectivity index (χ3v) is 20.7. The number of anilines is 6. The Morgan fingerprint density at radius 3 is 1.44 bits per heavy atom. The summed E-state index contributed by atoms with van der Waals surface area (Å²) in [6.45, 7) is 5.50. The summed E-state index contributed by atoms with van der Waals surface area (Å²) in [5.74, 6) is -0.383. The van der Waals surface area contributed by atoms with Crippen molar-refractivity contribution >= 4 is 66.0 Å². The predicted octanol–water partition coefficient (Wildman–Crippen LogP) is 11.4. The Hall–Kier alpha value is -9.04. The zero-order valence-corrected chi connectivity index (χ0v) is 59.9. The van der Waals surface area contributed by atoms with Crippen molar-refractivity contribution in [3.63, 3.8) is 0 Å². The van der Waals surface area contributed by atoms with E-state index < -0.39 is 59.9 Å². The van der Waals surface area contributed by atoms with E-state index in [2.05, 4.69) is 51.7 Å². The standard InChI is InChI=1S/C25H25FN6O.C24H30F4N4O2S.C24H31F3N4O4S/c1-31(16-20-8-10-21(11-9-20)32-12-2-3-13-32)25-23(26)24(29-17-30-25)28-15-19-6-4-18(5-7-19)14-22(27)33;1-35(2,33)15-23(9-11-34-12-10-23)14-29-21-20(25)22(31-16-30-21)32(19-7-8-19)13-17-3-5-18(6-4-17)24(26,27)28;1-23(26,27)18-5-3-17(4-6-18)11-31(19-12-35-13-19)22-20(25)21(29-16-30-22)28-14-24(15-36(2,32)33)7-9-34-10-8-24/h2-13,17H,14-16H2,1H3,(H2,27,33)(H,28,29,30);3-6,16,19H,1,7-15H2,2H3,(H,29,30,31);3-6,16,19H,7-15H2,1-2H3,(H,28,29,30). The summed E-state index contributed by atoms with van der Waals surface area (Å²) in [5.41, 5.74) is 8.68. The Morgan fingerprint density at radius 2 is 1.00 bits per heavy atom. The number of amides is 1. The number of hydrogen-bond acceptors (Lipinski definition) is 19. The summed E-state index contributed by atoms with van der Waals surface area (Å²) in [7, 11) is -3.73. The molecule has 8 aromatic rings. The van der Waals surface area contributed by atoms with Crippen LogP contribution in [0.4, 0.5) is 70.0 Å². The van der Waals surface area contributed by atoms with Gasteiger partial charge in [-0.05, 0) is 118 Å². The fourth-order valence-corrected chi connectivity index (χ4v) is 15.8. The van der Waals surface area contributed by atoms with Crippen LogP contribution in [0.15, 0.2) is 141 Å². The van der Waals surface area contributed by atoms with Crippen molar-refractivity contribution in [3.8, 4) is 5.69 Å². The van der Waals surface area contributed by atoms with Gasteiger partial charge < -0.3 is 55.2 Å². The lowest BCUT2D eigenvalue weighted by atomic mass is 9.82. The fraction of sp³-hybridized carbons (Fsp3) is 0.425. The zero-order valence-electron chi connectivity index (χ0n) is 58.2. The molecular formula is C73H86F8N14O7S2. The highest BCUT2D eigenvalue weighted by molar-refractivity contribution is 7.99. The van der Waals surface area contributed by atoms with Crippen LogP contribution in [-0.4, -0.2) is 155 Å². The predicted molar refractivity (Wildman–Crippen MR) is 386 cm³/mol. The second kappa shape index (κ2) is 33.8. The van der Waals surface area contributed by atoms with E-state index in [1.807, 2.05) is 77.6 Å². The molecule has 4 aromatic carbocycles. The number of hydrogen-bond donors (Lipinski definition) is 4. The van der Waals surface area contributed by atoms with Gasteiger partial charge in [-0.25, -0.2) is 47.1 Å². The summed E-state index contributed by atoms with van der Waals surface area (Å²) in [4.78, 5) is 41.0. The van der Waals surface area contributed by atoms with E-state index in [1.165, 1.54) is 49.5 Å². The Bertz CT molecular complexity index is 4370. The number of carbonyl (C=O) groups is 1. The van der Waals surface area contributed by atoms with Crippen molar-refractivity contribution in [3.05, 3.63) is 197 Å². The Kier molecular flexibility index (Phi) is 25.2. The highest BCUT2D eigenvalue weighted by Gasteiger charge is 2.39. The van der Waals surface area contributed by atoms with Gasteiger partial charge in [-0.1, -0.05) is 72.8 Å². The molecule has 104 heavy (non-hydrogen) atoms. The lowest BCUT2D eigenvalue weighted by Crippen LogP contribution is -2.49. The molecule has 5 N–H and O–H groups in total. The van der Waals surface area contributed by atoms with E-state index in [-0.39, 0.29) is 95.7 Å². The van der Waals surface area contributed by atoms with Crippen LogP contribution in [0.1, 0.15) is 84.4 Å². The van der Waals surface area contributed by atoms with E-state index in [4.69, 9.17) is 19.9 Å². The van der Waals surface area contributed by atoms with Gasteiger partial charge in [0.05, 0.1) is 37.0 Å². The summed E-state index contributed by atoms with van der Waals surface area (Å²) < 4.78 is 167. The van der Waals surface area contributed by atoms with Crippen LogP contribution in [0.5, 0.6) is 0 Å². The van der Waals surface area contributed by atoms with Gasteiger partial charge in [0, 0.05) is 138 Å². The fourth-order valence-electron chi connectivity index (χ4n) is 12.6. The molecule has 0 bridgehead atoms. The summed E-state index contributed by atoms with van der Waals surface area (Å²) in [6, 6.07) is 30.2. The normalized spacial score (nSPS) is 16.4. The summed E-state index contributed by atoms with van der Waals surface area (Å²) in [5, 5.41) is 9.14. The van der Waals surface area contributed by atoms with Crippen molar-refractivity contribution < 1.29 is 66.8 Å². The molecular weight excluding hydrogens is 1400 g/mol. The van der Waals surface area contributed by atoms with Crippen LogP contribution < -0.4 is 36.4 Å². The number of alkyl halides is 5. The van der Waals surface area contributed by atoms with Crippen LogP contribution in [0.2, 0.25) is 0 Å². The van der Waals surface area contributed by atoms with Crippen LogP contribution >= 0.6 is 0 Å². The van der Waals surface area contributed by atoms with Gasteiger partial charge in [0.1, 0.15) is 28.8 Å². The van der Waals surface area contributed by atoms with Crippen LogP contribution in [-0.2, 0) is 83.1 Å². The van der Waals surface area contributed by atoms with E-state index in [1.54, 1.807) is 40.1 Å². The number of aromatic nitrogens is 7. The lowest BCUT2D eigenvalue weighted by molar-refractivity contribution is -0.137. The Labute approximate surface area is 600 Å². The Balaban J connectivity index is 0.000000168. The lowest BCUT2D eigenvalue weighted by Gasteiger charge is -2.39. The van der Waals surface area contributed by atoms with Crippen LogP contribution in [0.25, 0.3) is 5.69 Å². The van der Waals surface area contributed by atoms with Crippen molar-refractivity contribution in [1.82, 2.24) is 34.5 Å². The molecule has 558 valence electrons. The highest BCUT2D eigenvalue weighted by atomic mass is 32.2. The number of primary amides is 1. The van der Waals surface area contributed by atoms with Gasteiger partial charge in [-0.15, -0.1) is 0 Å². The minimum atomic E-state index is -4.41. The number of nitrogens with one attached hydrogen (secondary N) is 3. The average Bonchev–Trinajstić information content (AvgIpc) is 1.23. The zero-order chi connectivity index (χ0) is 74.5. The molecule has 1 amide bonds. The highest BCUT2D eigenvalue weighted by Crippen LogP contribution is 2.39. The molecule has 4 fully saturated rings. The smallest absolute Gasteiger partial charge is 0.381 e. The van der Waals surface area contributed by atoms with Gasteiger partial charge in [0.2, 0.25) is 23.4 Å². The van der Waals surface area contributed by atoms with E-state index in [0.717, 1.165) is 59.8 Å². The number of sulfone groups is 1. The largest absolute Gasteiger partial charge is 0.416 e. The molecule has 1 aliphatic carbocycles. The topological polar surface area (TPSA) is 250 Å². The third kappa shape index (κ3) is 21.8. The van der Waals surface area contributed by atoms with Crippen molar-refractivity contribution in [2.24, 2.45) is 16.6 Å². The molecule has 4 aliphatic rings. The van der Waals surface area contributed by atoms with E-state index in [9.17, 15) is 39.4 Å². The van der Waals surface area contributed by atoms with Gasteiger partial charge >= 0.3 is 6.18 Å². The van der Waals surface area contributed by atoms with Crippen molar-refractivity contribution in [2.45, 2.75) is 102 Å². The molecule has 3 aliphatic heterocycles. The molecule has 7 heterocycles. The molecule has 0 radical (unpaired) electrons. The summed E-state index contributed by atoms with van der Waals surface area (Å²) >= 11 is 0. The molecule has 4 aromatic heterocycles. The van der Waals surface area contributed by atoms with Gasteiger partial charge in [0.15, 0.2) is 34.9 Å². The number of carbonyl (C=O) groups excluding carboxylic acids is 1. The number of nitrogens with two attached hydrogens (primary N) is 1. The first-order valence-corrected chi connectivity index (χ1v) is 38.2. The van der Waals surface area contributed by atoms with Gasteiger partial charge in [-0.3, -0.25) is 9.00 Å². The first kappa shape index (κ1) is 77.6. The van der Waals surface area contributed by atoms with E-state index in [0.29, 0.717) is 96.3 Å². The molecule has 21 nitrogen and oxygen atoms in total. The number of ether oxygens (including phenoxy) is 3. The third-order valence-electron chi connectivity index (χ3n) is 18.4. The molecule has 12 rings (SSSR count). The molecule has 1 saturated carbocycles. The first-order valence-electron chi connectivity index (χ1n) is 33.8. The van der Waals surface area contributed by atoms with Crippen LogP contribution in [0, 0.1) is 28.3 Å². The van der Waals surface area contributed by atoms with Gasteiger partial charge in [0.25, 0.3) is 5.92 Å². The van der Waals surface area contributed by atoms with E-state index >= 15 is 13.2 Å². The Morgan fingerprint density at radius 1 is 0.577 bits per heavy atom. The van der Waals surface area contributed by atoms with Crippen molar-refractivity contribution in [2.75, 3.05) is 114 Å². The van der Waals surface area contributed by atoms with Crippen LogP contribution in [0.3, 0.4) is 0 Å².